The number of nitrogens with two attached hydrogens (primary N) is 1. The average Bonchev–Trinajstić information content (AvgIpc) is 2.46. The minimum Gasteiger partial charge on any atom is -0.398 e. The third-order valence-corrected chi connectivity index (χ3v) is 4.81. The Labute approximate surface area is 120 Å². The molecule has 106 valence electrons. The Hall–Kier alpha value is -1.77. The zero-order valence-corrected chi connectivity index (χ0v) is 12.3. The third kappa shape index (κ3) is 2.45. The van der Waals surface area contributed by atoms with Gasteiger partial charge in [0.2, 0.25) is 0 Å². The second-order valence-corrected chi connectivity index (χ2v) is 6.23. The van der Waals surface area contributed by atoms with E-state index in [9.17, 15) is 0 Å². The number of anilines is 2. The van der Waals surface area contributed by atoms with Gasteiger partial charge in [-0.2, -0.15) is 0 Å². The van der Waals surface area contributed by atoms with Gasteiger partial charge in [-0.05, 0) is 49.3 Å². The molecule has 3 N–H and O–H groups in total. The molecule has 3 rings (SSSR count). The van der Waals surface area contributed by atoms with Crippen LogP contribution in [-0.4, -0.2) is 11.0 Å². The van der Waals surface area contributed by atoms with Crippen molar-refractivity contribution in [3.8, 4) is 0 Å². The minimum absolute atomic E-state index is 0.563. The SMILES string of the molecule is CC1CCC(Nc2ccc(N)c3ccncc23)CC1C. The van der Waals surface area contributed by atoms with Crippen molar-refractivity contribution in [1.29, 1.82) is 0 Å². The number of fused-ring (bicyclic) bond motifs is 1. The number of aromatic nitrogens is 1. The van der Waals surface area contributed by atoms with Crippen molar-refractivity contribution in [3.05, 3.63) is 30.6 Å². The summed E-state index contributed by atoms with van der Waals surface area (Å²) in [6.07, 6.45) is 7.50. The smallest absolute Gasteiger partial charge is 0.0439 e. The molecular weight excluding hydrogens is 246 g/mol. The van der Waals surface area contributed by atoms with Crippen molar-refractivity contribution in [2.75, 3.05) is 11.1 Å². The topological polar surface area (TPSA) is 50.9 Å². The van der Waals surface area contributed by atoms with Gasteiger partial charge in [-0.15, -0.1) is 0 Å². The van der Waals surface area contributed by atoms with Crippen molar-refractivity contribution in [2.45, 2.75) is 39.2 Å². The van der Waals surface area contributed by atoms with E-state index in [1.165, 1.54) is 19.3 Å². The van der Waals surface area contributed by atoms with Gasteiger partial charge < -0.3 is 11.1 Å². The van der Waals surface area contributed by atoms with E-state index < -0.39 is 0 Å². The lowest BCUT2D eigenvalue weighted by Gasteiger charge is -2.33. The molecule has 3 heteroatoms. The Bertz CT molecular complexity index is 608. The van der Waals surface area contributed by atoms with Crippen LogP contribution >= 0.6 is 0 Å². The predicted molar refractivity (Wildman–Crippen MR) is 85.7 cm³/mol. The van der Waals surface area contributed by atoms with Gasteiger partial charge in [0.25, 0.3) is 0 Å². The van der Waals surface area contributed by atoms with Crippen LogP contribution in [0.5, 0.6) is 0 Å². The fraction of sp³-hybridized carbons (Fsp3) is 0.471. The van der Waals surface area contributed by atoms with E-state index in [1.807, 2.05) is 18.3 Å². The van der Waals surface area contributed by atoms with Crippen LogP contribution in [0.25, 0.3) is 10.8 Å². The molecule has 3 nitrogen and oxygen atoms in total. The molecule has 0 aliphatic heterocycles. The molecule has 3 atom stereocenters. The molecule has 1 heterocycles. The zero-order valence-electron chi connectivity index (χ0n) is 12.3. The van der Waals surface area contributed by atoms with E-state index in [0.29, 0.717) is 6.04 Å². The van der Waals surface area contributed by atoms with Gasteiger partial charge in [-0.3, -0.25) is 4.98 Å². The Balaban J connectivity index is 1.86. The van der Waals surface area contributed by atoms with E-state index in [2.05, 4.69) is 30.2 Å². The van der Waals surface area contributed by atoms with E-state index in [1.54, 1.807) is 6.20 Å². The van der Waals surface area contributed by atoms with Crippen molar-refractivity contribution < 1.29 is 0 Å². The molecule has 1 aromatic carbocycles. The molecule has 2 aromatic rings. The summed E-state index contributed by atoms with van der Waals surface area (Å²) >= 11 is 0. The van der Waals surface area contributed by atoms with Crippen molar-refractivity contribution in [2.24, 2.45) is 11.8 Å². The first-order valence-electron chi connectivity index (χ1n) is 7.54. The van der Waals surface area contributed by atoms with E-state index in [-0.39, 0.29) is 0 Å². The summed E-state index contributed by atoms with van der Waals surface area (Å²) in [7, 11) is 0. The van der Waals surface area contributed by atoms with Gasteiger partial charge in [0.15, 0.2) is 0 Å². The first-order chi connectivity index (χ1) is 9.65. The average molecular weight is 269 g/mol. The van der Waals surface area contributed by atoms with Crippen LogP contribution in [0, 0.1) is 11.8 Å². The summed E-state index contributed by atoms with van der Waals surface area (Å²) in [6, 6.07) is 6.62. The number of nitrogen functional groups attached to an aromatic ring is 1. The van der Waals surface area contributed by atoms with Crippen LogP contribution in [0.15, 0.2) is 30.6 Å². The van der Waals surface area contributed by atoms with E-state index in [0.717, 1.165) is 34.0 Å². The second kappa shape index (κ2) is 5.31. The first-order valence-corrected chi connectivity index (χ1v) is 7.54. The largest absolute Gasteiger partial charge is 0.398 e. The number of hydrogen-bond donors (Lipinski definition) is 2. The Morgan fingerprint density at radius 2 is 1.95 bits per heavy atom. The maximum atomic E-state index is 6.04. The number of rotatable bonds is 2. The first kappa shape index (κ1) is 13.2. The lowest BCUT2D eigenvalue weighted by atomic mass is 9.79. The molecule has 1 aliphatic rings. The highest BCUT2D eigenvalue weighted by Gasteiger charge is 2.24. The highest BCUT2D eigenvalue weighted by atomic mass is 14.9. The molecular formula is C17H23N3. The number of hydrogen-bond acceptors (Lipinski definition) is 3. The molecule has 3 unspecified atom stereocenters. The molecule has 0 spiro atoms. The summed E-state index contributed by atoms with van der Waals surface area (Å²) in [5.41, 5.74) is 8.02. The lowest BCUT2D eigenvalue weighted by Crippen LogP contribution is -2.30. The van der Waals surface area contributed by atoms with Crippen molar-refractivity contribution >= 4 is 22.1 Å². The maximum Gasteiger partial charge on any atom is 0.0439 e. The number of nitrogens with zero attached hydrogens (tertiary/aromatic N) is 1. The van der Waals surface area contributed by atoms with Gasteiger partial charge in [0, 0.05) is 40.6 Å². The van der Waals surface area contributed by atoms with Crippen molar-refractivity contribution in [1.82, 2.24) is 4.98 Å². The summed E-state index contributed by atoms with van der Waals surface area (Å²) in [4.78, 5) is 4.24. The van der Waals surface area contributed by atoms with Crippen LogP contribution in [-0.2, 0) is 0 Å². The van der Waals surface area contributed by atoms with E-state index in [4.69, 9.17) is 5.73 Å². The quantitative estimate of drug-likeness (QED) is 0.808. The van der Waals surface area contributed by atoms with Gasteiger partial charge >= 0.3 is 0 Å². The molecule has 1 fully saturated rings. The maximum absolute atomic E-state index is 6.04. The zero-order chi connectivity index (χ0) is 14.1. The molecule has 1 aromatic heterocycles. The molecule has 0 saturated heterocycles. The van der Waals surface area contributed by atoms with Crippen LogP contribution in [0.1, 0.15) is 33.1 Å². The van der Waals surface area contributed by atoms with Gasteiger partial charge in [0.05, 0.1) is 0 Å². The van der Waals surface area contributed by atoms with Gasteiger partial charge in [-0.1, -0.05) is 13.8 Å². The summed E-state index contributed by atoms with van der Waals surface area (Å²) in [6.45, 7) is 4.73. The van der Waals surface area contributed by atoms with Crippen LogP contribution in [0.3, 0.4) is 0 Å². The minimum atomic E-state index is 0.563. The Kier molecular flexibility index (Phi) is 3.51. The van der Waals surface area contributed by atoms with Gasteiger partial charge in [0.1, 0.15) is 0 Å². The van der Waals surface area contributed by atoms with E-state index >= 15 is 0 Å². The fourth-order valence-corrected chi connectivity index (χ4v) is 3.24. The highest BCUT2D eigenvalue weighted by molar-refractivity contribution is 6.00. The predicted octanol–water partition coefficient (Wildman–Crippen LogP) is 4.05. The molecule has 1 saturated carbocycles. The Morgan fingerprint density at radius 3 is 2.75 bits per heavy atom. The van der Waals surface area contributed by atoms with Crippen LogP contribution < -0.4 is 11.1 Å². The number of benzene rings is 1. The highest BCUT2D eigenvalue weighted by Crippen LogP contribution is 2.33. The molecule has 0 amide bonds. The fourth-order valence-electron chi connectivity index (χ4n) is 3.24. The number of nitrogens with one attached hydrogen (secondary N) is 1. The number of pyridine rings is 1. The lowest BCUT2D eigenvalue weighted by molar-refractivity contribution is 0.261. The second-order valence-electron chi connectivity index (χ2n) is 6.23. The molecule has 1 aliphatic carbocycles. The summed E-state index contributed by atoms with van der Waals surface area (Å²) < 4.78 is 0. The normalized spacial score (nSPS) is 26.6. The van der Waals surface area contributed by atoms with Crippen molar-refractivity contribution in [3.63, 3.8) is 0 Å². The third-order valence-electron chi connectivity index (χ3n) is 4.81. The summed E-state index contributed by atoms with van der Waals surface area (Å²) in [5.74, 6) is 1.64. The van der Waals surface area contributed by atoms with Crippen LogP contribution in [0.4, 0.5) is 11.4 Å². The standard InChI is InChI=1S/C17H23N3/c1-11-3-4-13(9-12(11)2)20-17-6-5-16(18)14-7-8-19-10-15(14)17/h5-8,10-13,20H,3-4,9,18H2,1-2H3. The Morgan fingerprint density at radius 1 is 1.10 bits per heavy atom. The molecule has 0 radical (unpaired) electrons. The monoisotopic (exact) mass is 269 g/mol. The van der Waals surface area contributed by atoms with Crippen LogP contribution in [0.2, 0.25) is 0 Å². The van der Waals surface area contributed by atoms with Gasteiger partial charge in [-0.25, -0.2) is 0 Å². The molecule has 20 heavy (non-hydrogen) atoms. The summed E-state index contributed by atoms with van der Waals surface area (Å²) in [5, 5.41) is 5.92. The molecule has 0 bridgehead atoms.